The summed E-state index contributed by atoms with van der Waals surface area (Å²) in [5, 5.41) is 8.02. The summed E-state index contributed by atoms with van der Waals surface area (Å²) in [6, 6.07) is 1.98. The Morgan fingerprint density at radius 1 is 1.18 bits per heavy atom. The van der Waals surface area contributed by atoms with Crippen molar-refractivity contribution in [3.8, 4) is 0 Å². The Morgan fingerprint density at radius 3 is 2.82 bits per heavy atom. The van der Waals surface area contributed by atoms with Crippen molar-refractivity contribution in [1.29, 1.82) is 0 Å². The fourth-order valence-corrected chi connectivity index (χ4v) is 5.61. The second-order valence-electron chi connectivity index (χ2n) is 9.18. The molecule has 3 fully saturated rings. The van der Waals surface area contributed by atoms with Gasteiger partial charge in [-0.25, -0.2) is 4.98 Å². The van der Waals surface area contributed by atoms with E-state index in [1.165, 1.54) is 36.9 Å². The van der Waals surface area contributed by atoms with Gasteiger partial charge in [-0.05, 0) is 37.6 Å². The number of rotatable bonds is 2. The van der Waals surface area contributed by atoms with E-state index in [1.54, 1.807) is 0 Å². The van der Waals surface area contributed by atoms with E-state index >= 15 is 0 Å². The molecule has 6 rings (SSSR count). The topological polar surface area (TPSA) is 65.8 Å². The summed E-state index contributed by atoms with van der Waals surface area (Å²) in [4.78, 5) is 22.4. The van der Waals surface area contributed by atoms with E-state index in [0.717, 1.165) is 63.6 Å². The Labute approximate surface area is 165 Å². The molecule has 1 amide bonds. The summed E-state index contributed by atoms with van der Waals surface area (Å²) < 4.78 is 1.98. The van der Waals surface area contributed by atoms with Crippen LogP contribution < -0.4 is 10.2 Å². The first-order valence-electron chi connectivity index (χ1n) is 10.8. The zero-order valence-corrected chi connectivity index (χ0v) is 16.4. The molecule has 5 heterocycles. The van der Waals surface area contributed by atoms with Gasteiger partial charge in [-0.15, -0.1) is 0 Å². The maximum Gasteiger partial charge on any atom is 0.229 e. The summed E-state index contributed by atoms with van der Waals surface area (Å²) >= 11 is 0. The number of fused-ring (bicyclic) bond motifs is 2. The number of aromatic nitrogens is 3. The first-order chi connectivity index (χ1) is 13.7. The van der Waals surface area contributed by atoms with E-state index < -0.39 is 0 Å². The van der Waals surface area contributed by atoms with Gasteiger partial charge in [0.05, 0.1) is 17.8 Å². The van der Waals surface area contributed by atoms with Gasteiger partial charge < -0.3 is 15.1 Å². The number of anilines is 1. The van der Waals surface area contributed by atoms with Gasteiger partial charge in [-0.2, -0.15) is 9.61 Å². The van der Waals surface area contributed by atoms with Crippen molar-refractivity contribution in [1.82, 2.24) is 24.8 Å². The third-order valence-corrected chi connectivity index (χ3v) is 7.48. The van der Waals surface area contributed by atoms with Crippen LogP contribution in [0, 0.1) is 11.3 Å². The molecule has 2 aromatic rings. The monoisotopic (exact) mass is 380 g/mol. The largest absolute Gasteiger partial charge is 0.354 e. The average Bonchev–Trinajstić information content (AvgIpc) is 3.22. The highest BCUT2D eigenvalue weighted by atomic mass is 16.2. The first kappa shape index (κ1) is 16.8. The fourth-order valence-electron chi connectivity index (χ4n) is 5.61. The van der Waals surface area contributed by atoms with E-state index in [-0.39, 0.29) is 5.92 Å². The predicted molar refractivity (Wildman–Crippen MR) is 106 cm³/mol. The van der Waals surface area contributed by atoms with Gasteiger partial charge in [0.2, 0.25) is 5.91 Å². The van der Waals surface area contributed by atoms with Crippen LogP contribution in [0.4, 0.5) is 5.82 Å². The maximum absolute atomic E-state index is 13.0. The Morgan fingerprint density at radius 2 is 2.04 bits per heavy atom. The molecule has 1 aliphatic carbocycles. The SMILES string of the molecule is O=C(C1CN(c2c3c(nc4ccnn24)CCNCC3)C1)N1CCC2(CCC2)C1. The number of nitrogens with zero attached hydrogens (tertiary/aromatic N) is 5. The van der Waals surface area contributed by atoms with Crippen molar-refractivity contribution in [2.45, 2.75) is 38.5 Å². The van der Waals surface area contributed by atoms with Crippen LogP contribution in [0.15, 0.2) is 12.3 Å². The van der Waals surface area contributed by atoms with Crippen LogP contribution in [0.25, 0.3) is 5.65 Å². The number of carbonyl (C=O) groups excluding carboxylic acids is 1. The molecule has 1 spiro atoms. The summed E-state index contributed by atoms with van der Waals surface area (Å²) in [7, 11) is 0. The van der Waals surface area contributed by atoms with Crippen LogP contribution in [0.1, 0.15) is 36.9 Å². The normalized spacial score (nSPS) is 24.1. The van der Waals surface area contributed by atoms with Gasteiger partial charge in [-0.1, -0.05) is 6.42 Å². The molecule has 7 heteroatoms. The highest BCUT2D eigenvalue weighted by Gasteiger charge is 2.47. The van der Waals surface area contributed by atoms with Crippen LogP contribution >= 0.6 is 0 Å². The van der Waals surface area contributed by atoms with Gasteiger partial charge in [0.1, 0.15) is 5.82 Å². The zero-order chi connectivity index (χ0) is 18.7. The third kappa shape index (κ3) is 2.48. The van der Waals surface area contributed by atoms with Crippen LogP contribution in [-0.2, 0) is 17.6 Å². The molecular weight excluding hydrogens is 352 g/mol. The molecular formula is C21H28N6O. The smallest absolute Gasteiger partial charge is 0.229 e. The highest BCUT2D eigenvalue weighted by Crippen LogP contribution is 2.48. The van der Waals surface area contributed by atoms with Gasteiger partial charge in [0.15, 0.2) is 5.65 Å². The lowest BCUT2D eigenvalue weighted by Gasteiger charge is -2.43. The van der Waals surface area contributed by atoms with Crippen molar-refractivity contribution in [3.05, 3.63) is 23.5 Å². The van der Waals surface area contributed by atoms with Crippen LogP contribution in [0.3, 0.4) is 0 Å². The quantitative estimate of drug-likeness (QED) is 0.850. The van der Waals surface area contributed by atoms with E-state index in [0.29, 0.717) is 11.3 Å². The zero-order valence-electron chi connectivity index (χ0n) is 16.4. The molecule has 4 aliphatic rings. The van der Waals surface area contributed by atoms with Gasteiger partial charge in [0.25, 0.3) is 0 Å². The van der Waals surface area contributed by atoms with E-state index in [9.17, 15) is 4.79 Å². The van der Waals surface area contributed by atoms with Crippen molar-refractivity contribution >= 4 is 17.4 Å². The number of carbonyl (C=O) groups is 1. The molecule has 28 heavy (non-hydrogen) atoms. The number of nitrogens with one attached hydrogen (secondary N) is 1. The average molecular weight is 380 g/mol. The lowest BCUT2D eigenvalue weighted by molar-refractivity contribution is -0.136. The molecule has 1 N–H and O–H groups in total. The molecule has 0 bridgehead atoms. The lowest BCUT2D eigenvalue weighted by Crippen LogP contribution is -2.55. The Kier molecular flexibility index (Phi) is 3.70. The summed E-state index contributed by atoms with van der Waals surface area (Å²) in [5.41, 5.74) is 3.89. The van der Waals surface area contributed by atoms with Crippen molar-refractivity contribution in [2.24, 2.45) is 11.3 Å². The van der Waals surface area contributed by atoms with Gasteiger partial charge in [0, 0.05) is 50.8 Å². The number of likely N-dealkylation sites (tertiary alicyclic amines) is 1. The van der Waals surface area contributed by atoms with E-state index in [4.69, 9.17) is 4.98 Å². The Hall–Kier alpha value is -2.15. The molecule has 148 valence electrons. The van der Waals surface area contributed by atoms with Gasteiger partial charge in [-0.3, -0.25) is 4.79 Å². The molecule has 1 saturated carbocycles. The Balaban J connectivity index is 1.23. The van der Waals surface area contributed by atoms with Crippen molar-refractivity contribution in [3.63, 3.8) is 0 Å². The van der Waals surface area contributed by atoms with Crippen LogP contribution in [-0.4, -0.2) is 64.7 Å². The predicted octanol–water partition coefficient (Wildman–Crippen LogP) is 1.26. The van der Waals surface area contributed by atoms with E-state index in [2.05, 4.69) is 20.2 Å². The van der Waals surface area contributed by atoms with E-state index in [1.807, 2.05) is 16.8 Å². The first-order valence-corrected chi connectivity index (χ1v) is 10.8. The molecule has 3 aliphatic heterocycles. The summed E-state index contributed by atoms with van der Waals surface area (Å²) in [6.45, 7) is 5.53. The lowest BCUT2D eigenvalue weighted by atomic mass is 9.68. The fraction of sp³-hybridized carbons (Fsp3) is 0.667. The van der Waals surface area contributed by atoms with Crippen LogP contribution in [0.5, 0.6) is 0 Å². The minimum atomic E-state index is 0.133. The maximum atomic E-state index is 13.0. The molecule has 2 aromatic heterocycles. The number of hydrogen-bond acceptors (Lipinski definition) is 5. The molecule has 2 saturated heterocycles. The van der Waals surface area contributed by atoms with Gasteiger partial charge >= 0.3 is 0 Å². The van der Waals surface area contributed by atoms with Crippen molar-refractivity contribution < 1.29 is 4.79 Å². The minimum Gasteiger partial charge on any atom is -0.354 e. The minimum absolute atomic E-state index is 0.133. The van der Waals surface area contributed by atoms with Crippen molar-refractivity contribution in [2.75, 3.05) is 44.2 Å². The second-order valence-corrected chi connectivity index (χ2v) is 9.18. The highest BCUT2D eigenvalue weighted by molar-refractivity contribution is 5.82. The molecule has 0 radical (unpaired) electrons. The molecule has 0 unspecified atom stereocenters. The molecule has 7 nitrogen and oxygen atoms in total. The summed E-state index contributed by atoms with van der Waals surface area (Å²) in [5.74, 6) is 1.67. The number of amides is 1. The molecule has 0 atom stereocenters. The standard InChI is InChI=1S/C21H28N6O/c28-20(25-11-7-21(14-25)5-1-6-21)15-12-26(13-15)19-16-2-8-22-9-3-17(16)24-18-4-10-23-27(18)19/h4,10,15,22H,1-3,5-9,11-14H2. The third-order valence-electron chi connectivity index (χ3n) is 7.48. The summed E-state index contributed by atoms with van der Waals surface area (Å²) in [6.07, 6.45) is 8.96. The molecule has 0 aromatic carbocycles. The second kappa shape index (κ2) is 6.17. The van der Waals surface area contributed by atoms with Crippen LogP contribution in [0.2, 0.25) is 0 Å². The number of hydrogen-bond donors (Lipinski definition) is 1. The Bertz CT molecular complexity index is 926.